The second-order valence-electron chi connectivity index (χ2n) is 5.39. The molecule has 1 aromatic heterocycles. The number of aromatic nitrogens is 1. The highest BCUT2D eigenvalue weighted by atomic mass is 15.1. The Labute approximate surface area is 114 Å². The Kier molecular flexibility index (Phi) is 3.05. The average molecular weight is 255 g/mol. The number of rotatable bonds is 3. The van der Waals surface area contributed by atoms with Gasteiger partial charge in [-0.2, -0.15) is 0 Å². The summed E-state index contributed by atoms with van der Waals surface area (Å²) in [5.74, 6) is 0. The van der Waals surface area contributed by atoms with Gasteiger partial charge in [0.1, 0.15) is 0 Å². The monoisotopic (exact) mass is 255 g/mol. The zero-order valence-corrected chi connectivity index (χ0v) is 12.0. The molecule has 100 valence electrons. The van der Waals surface area contributed by atoms with Gasteiger partial charge in [-0.05, 0) is 49.9 Å². The minimum Gasteiger partial charge on any atom is -0.384 e. The number of fused-ring (bicyclic) bond motifs is 2. The molecule has 1 aromatic carbocycles. The van der Waals surface area contributed by atoms with E-state index in [9.17, 15) is 0 Å². The van der Waals surface area contributed by atoms with Gasteiger partial charge in [0.05, 0.1) is 5.52 Å². The summed E-state index contributed by atoms with van der Waals surface area (Å²) in [5, 5.41) is 4.82. The fourth-order valence-corrected chi connectivity index (χ4v) is 2.91. The van der Waals surface area contributed by atoms with E-state index in [1.165, 1.54) is 34.4 Å². The van der Waals surface area contributed by atoms with E-state index in [1.807, 2.05) is 0 Å². The number of pyridine rings is 1. The lowest BCUT2D eigenvalue weighted by Gasteiger charge is -2.17. The molecule has 0 atom stereocenters. The lowest BCUT2D eigenvalue weighted by molar-refractivity contribution is 0.901. The third kappa shape index (κ3) is 2.03. The van der Waals surface area contributed by atoms with E-state index in [-0.39, 0.29) is 0 Å². The molecule has 1 aliphatic rings. The predicted octanol–water partition coefficient (Wildman–Crippen LogP) is 3.22. The van der Waals surface area contributed by atoms with Crippen molar-refractivity contribution in [2.24, 2.45) is 0 Å². The summed E-state index contributed by atoms with van der Waals surface area (Å²) in [5.41, 5.74) is 6.38. The van der Waals surface area contributed by atoms with Gasteiger partial charge in [-0.1, -0.05) is 0 Å². The van der Waals surface area contributed by atoms with Gasteiger partial charge in [0.15, 0.2) is 0 Å². The molecule has 3 nitrogen and oxygen atoms in total. The van der Waals surface area contributed by atoms with Crippen molar-refractivity contribution < 1.29 is 0 Å². The molecule has 1 N–H and O–H groups in total. The normalized spacial score (nSPS) is 13.6. The molecule has 0 saturated carbocycles. The van der Waals surface area contributed by atoms with E-state index < -0.39 is 0 Å². The molecule has 2 aromatic rings. The summed E-state index contributed by atoms with van der Waals surface area (Å²) in [7, 11) is 4.16. The van der Waals surface area contributed by atoms with Gasteiger partial charge in [0, 0.05) is 43.1 Å². The molecule has 19 heavy (non-hydrogen) atoms. The van der Waals surface area contributed by atoms with Gasteiger partial charge in [0.25, 0.3) is 0 Å². The Hall–Kier alpha value is -1.77. The summed E-state index contributed by atoms with van der Waals surface area (Å²) >= 11 is 0. The number of anilines is 2. The third-order valence-corrected chi connectivity index (χ3v) is 3.87. The van der Waals surface area contributed by atoms with Crippen molar-refractivity contribution in [3.63, 3.8) is 0 Å². The first-order chi connectivity index (χ1) is 9.20. The second-order valence-corrected chi connectivity index (χ2v) is 5.39. The SMILES string of the molecule is CCNc1c2c(nc3ccc(N(C)C)cc13)CCC2. The number of benzene rings is 1. The van der Waals surface area contributed by atoms with E-state index >= 15 is 0 Å². The first kappa shape index (κ1) is 12.3. The lowest BCUT2D eigenvalue weighted by atomic mass is 10.1. The Balaban J connectivity index is 2.26. The molecule has 0 radical (unpaired) electrons. The molecule has 0 fully saturated rings. The maximum Gasteiger partial charge on any atom is 0.0727 e. The Morgan fingerprint density at radius 3 is 2.84 bits per heavy atom. The van der Waals surface area contributed by atoms with Crippen LogP contribution >= 0.6 is 0 Å². The number of nitrogens with one attached hydrogen (secondary N) is 1. The fourth-order valence-electron chi connectivity index (χ4n) is 2.91. The largest absolute Gasteiger partial charge is 0.384 e. The van der Waals surface area contributed by atoms with E-state index in [0.29, 0.717) is 0 Å². The average Bonchev–Trinajstić information content (AvgIpc) is 2.86. The molecule has 3 rings (SSSR count). The van der Waals surface area contributed by atoms with Crippen LogP contribution in [0.15, 0.2) is 18.2 Å². The number of hydrogen-bond acceptors (Lipinski definition) is 3. The molecular formula is C16H21N3. The highest BCUT2D eigenvalue weighted by molar-refractivity contribution is 5.95. The minimum absolute atomic E-state index is 0.956. The molecule has 1 heterocycles. The molecule has 1 aliphatic carbocycles. The summed E-state index contributed by atoms with van der Waals surface area (Å²) in [6.45, 7) is 3.11. The quantitative estimate of drug-likeness (QED) is 0.912. The zero-order chi connectivity index (χ0) is 13.4. The van der Waals surface area contributed by atoms with Gasteiger partial charge in [0.2, 0.25) is 0 Å². The molecular weight excluding hydrogens is 234 g/mol. The summed E-state index contributed by atoms with van der Waals surface area (Å²) in [6.07, 6.45) is 3.52. The Morgan fingerprint density at radius 2 is 2.11 bits per heavy atom. The summed E-state index contributed by atoms with van der Waals surface area (Å²) < 4.78 is 0. The summed E-state index contributed by atoms with van der Waals surface area (Å²) in [6, 6.07) is 6.54. The zero-order valence-electron chi connectivity index (χ0n) is 12.0. The van der Waals surface area contributed by atoms with Crippen molar-refractivity contribution >= 4 is 22.3 Å². The molecule has 0 bridgehead atoms. The first-order valence-corrected chi connectivity index (χ1v) is 7.07. The van der Waals surface area contributed by atoms with Crippen LogP contribution in [0.25, 0.3) is 10.9 Å². The van der Waals surface area contributed by atoms with Crippen LogP contribution in [0.3, 0.4) is 0 Å². The highest BCUT2D eigenvalue weighted by Crippen LogP contribution is 2.35. The van der Waals surface area contributed by atoms with Gasteiger partial charge in [-0.15, -0.1) is 0 Å². The van der Waals surface area contributed by atoms with Crippen LogP contribution < -0.4 is 10.2 Å². The highest BCUT2D eigenvalue weighted by Gasteiger charge is 2.19. The van der Waals surface area contributed by atoms with Crippen LogP contribution in [0.4, 0.5) is 11.4 Å². The van der Waals surface area contributed by atoms with Crippen LogP contribution in [0.2, 0.25) is 0 Å². The van der Waals surface area contributed by atoms with Crippen LogP contribution in [-0.4, -0.2) is 25.6 Å². The predicted molar refractivity (Wildman–Crippen MR) is 82.3 cm³/mol. The van der Waals surface area contributed by atoms with Gasteiger partial charge < -0.3 is 10.2 Å². The van der Waals surface area contributed by atoms with E-state index in [2.05, 4.69) is 49.4 Å². The summed E-state index contributed by atoms with van der Waals surface area (Å²) in [4.78, 5) is 6.98. The Bertz CT molecular complexity index is 617. The van der Waals surface area contributed by atoms with E-state index in [1.54, 1.807) is 0 Å². The maximum absolute atomic E-state index is 4.84. The van der Waals surface area contributed by atoms with Crippen LogP contribution in [0, 0.1) is 0 Å². The van der Waals surface area contributed by atoms with E-state index in [4.69, 9.17) is 4.98 Å². The topological polar surface area (TPSA) is 28.2 Å². The van der Waals surface area contributed by atoms with Gasteiger partial charge in [-0.3, -0.25) is 4.98 Å². The number of hydrogen-bond donors (Lipinski definition) is 1. The molecule has 0 unspecified atom stereocenters. The first-order valence-electron chi connectivity index (χ1n) is 7.07. The maximum atomic E-state index is 4.84. The van der Waals surface area contributed by atoms with Crippen molar-refractivity contribution in [2.75, 3.05) is 30.9 Å². The van der Waals surface area contributed by atoms with Gasteiger partial charge >= 0.3 is 0 Å². The number of aryl methyl sites for hydroxylation is 1. The van der Waals surface area contributed by atoms with Crippen molar-refractivity contribution in [1.82, 2.24) is 4.98 Å². The molecule has 0 saturated heterocycles. The third-order valence-electron chi connectivity index (χ3n) is 3.87. The van der Waals surface area contributed by atoms with Crippen LogP contribution in [-0.2, 0) is 12.8 Å². The minimum atomic E-state index is 0.956. The van der Waals surface area contributed by atoms with Crippen LogP contribution in [0.1, 0.15) is 24.6 Å². The van der Waals surface area contributed by atoms with E-state index in [0.717, 1.165) is 24.9 Å². The van der Waals surface area contributed by atoms with Crippen molar-refractivity contribution in [3.05, 3.63) is 29.5 Å². The molecule has 3 heteroatoms. The molecule has 0 amide bonds. The smallest absolute Gasteiger partial charge is 0.0727 e. The van der Waals surface area contributed by atoms with Gasteiger partial charge in [-0.25, -0.2) is 0 Å². The standard InChI is InChI=1S/C16H21N3/c1-4-17-16-12-6-5-7-14(12)18-15-9-8-11(19(2)3)10-13(15)16/h8-10H,4-7H2,1-3H3,(H,17,18). The molecule has 0 aliphatic heterocycles. The number of nitrogens with zero attached hydrogens (tertiary/aromatic N) is 2. The van der Waals surface area contributed by atoms with Crippen molar-refractivity contribution in [2.45, 2.75) is 26.2 Å². The second kappa shape index (κ2) is 4.72. The van der Waals surface area contributed by atoms with Crippen molar-refractivity contribution in [3.8, 4) is 0 Å². The van der Waals surface area contributed by atoms with Crippen molar-refractivity contribution in [1.29, 1.82) is 0 Å². The Morgan fingerprint density at radius 1 is 1.26 bits per heavy atom. The molecule has 0 spiro atoms. The lowest BCUT2D eigenvalue weighted by Crippen LogP contribution is -2.09. The van der Waals surface area contributed by atoms with Crippen LogP contribution in [0.5, 0.6) is 0 Å². The fraction of sp³-hybridized carbons (Fsp3) is 0.438.